The first-order valence-electron chi connectivity index (χ1n) is 6.13. The van der Waals surface area contributed by atoms with Gasteiger partial charge in [-0.25, -0.2) is 4.39 Å². The Kier molecular flexibility index (Phi) is 5.03. The van der Waals surface area contributed by atoms with Gasteiger partial charge in [0.25, 0.3) is 5.91 Å². The maximum Gasteiger partial charge on any atom is 0.254 e. The topological polar surface area (TPSA) is 52.6 Å². The highest BCUT2D eigenvalue weighted by Gasteiger charge is 2.23. The Labute approximate surface area is 113 Å². The molecular weight excluding hydrogens is 247 g/mol. The lowest BCUT2D eigenvalue weighted by Crippen LogP contribution is -2.47. The van der Waals surface area contributed by atoms with Crippen molar-refractivity contribution >= 4 is 5.91 Å². The summed E-state index contributed by atoms with van der Waals surface area (Å²) >= 11 is 0. The van der Waals surface area contributed by atoms with Gasteiger partial charge in [0, 0.05) is 13.1 Å². The van der Waals surface area contributed by atoms with Gasteiger partial charge in [-0.1, -0.05) is 12.1 Å². The number of aryl methyl sites for hydroxylation is 1. The molecule has 2 N–H and O–H groups in total. The van der Waals surface area contributed by atoms with Gasteiger partial charge in [-0.2, -0.15) is 0 Å². The van der Waals surface area contributed by atoms with Crippen molar-refractivity contribution in [3.05, 3.63) is 35.1 Å². The predicted octanol–water partition coefficient (Wildman–Crippen LogP) is 1.18. The predicted molar refractivity (Wildman–Crippen MR) is 72.6 cm³/mol. The molecule has 0 fully saturated rings. The Morgan fingerprint density at radius 3 is 2.68 bits per heavy atom. The van der Waals surface area contributed by atoms with Crippen molar-refractivity contribution in [2.45, 2.75) is 19.4 Å². The highest BCUT2D eigenvalue weighted by atomic mass is 19.1. The summed E-state index contributed by atoms with van der Waals surface area (Å²) in [5.74, 6) is -1.03. The molecule has 106 valence electrons. The number of rotatable bonds is 5. The van der Waals surface area contributed by atoms with E-state index in [1.54, 1.807) is 26.0 Å². The molecule has 0 radical (unpaired) electrons. The molecule has 1 rings (SSSR count). The van der Waals surface area contributed by atoms with Crippen molar-refractivity contribution < 1.29 is 14.3 Å². The summed E-state index contributed by atoms with van der Waals surface area (Å²) in [6, 6.07) is 4.66. The Balaban J connectivity index is 2.68. The van der Waals surface area contributed by atoms with Gasteiger partial charge in [0.1, 0.15) is 5.82 Å². The van der Waals surface area contributed by atoms with Crippen LogP contribution in [0, 0.1) is 12.7 Å². The van der Waals surface area contributed by atoms with E-state index in [1.807, 2.05) is 19.0 Å². The van der Waals surface area contributed by atoms with E-state index in [0.717, 1.165) is 0 Å². The summed E-state index contributed by atoms with van der Waals surface area (Å²) in [6.07, 6.45) is 0. The molecule has 0 saturated heterocycles. The molecule has 4 nitrogen and oxygen atoms in total. The van der Waals surface area contributed by atoms with Gasteiger partial charge in [-0.15, -0.1) is 0 Å². The summed E-state index contributed by atoms with van der Waals surface area (Å²) in [4.78, 5) is 13.7. The number of nitrogens with one attached hydrogen (secondary N) is 1. The fraction of sp³-hybridized carbons (Fsp3) is 0.500. The van der Waals surface area contributed by atoms with E-state index in [1.165, 1.54) is 6.07 Å². The second kappa shape index (κ2) is 6.12. The maximum absolute atomic E-state index is 13.8. The number of benzene rings is 1. The van der Waals surface area contributed by atoms with Gasteiger partial charge in [0.05, 0.1) is 11.2 Å². The lowest BCUT2D eigenvalue weighted by molar-refractivity contribution is 0.0325. The molecule has 1 unspecified atom stereocenters. The van der Waals surface area contributed by atoms with E-state index in [-0.39, 0.29) is 12.1 Å². The van der Waals surface area contributed by atoms with Crippen LogP contribution in [0.4, 0.5) is 4.39 Å². The number of aliphatic hydroxyl groups is 1. The smallest absolute Gasteiger partial charge is 0.254 e. The average molecular weight is 268 g/mol. The summed E-state index contributed by atoms with van der Waals surface area (Å²) in [5.41, 5.74) is -0.632. The molecule has 0 spiro atoms. The molecule has 5 heteroatoms. The minimum absolute atomic E-state index is 0.000605. The van der Waals surface area contributed by atoms with Gasteiger partial charge < -0.3 is 15.3 Å². The zero-order valence-corrected chi connectivity index (χ0v) is 11.8. The number of halogens is 1. The molecule has 1 amide bonds. The number of hydrogen-bond donors (Lipinski definition) is 2. The van der Waals surface area contributed by atoms with Crippen LogP contribution in [-0.4, -0.2) is 48.7 Å². The highest BCUT2D eigenvalue weighted by molar-refractivity contribution is 5.94. The first-order valence-corrected chi connectivity index (χ1v) is 6.13. The van der Waals surface area contributed by atoms with Crippen molar-refractivity contribution in [3.63, 3.8) is 0 Å². The first kappa shape index (κ1) is 15.6. The van der Waals surface area contributed by atoms with E-state index in [2.05, 4.69) is 5.32 Å². The number of amides is 1. The van der Waals surface area contributed by atoms with Crippen molar-refractivity contribution in [2.24, 2.45) is 0 Å². The highest BCUT2D eigenvalue weighted by Crippen LogP contribution is 2.12. The van der Waals surface area contributed by atoms with Gasteiger partial charge in [-0.05, 0) is 39.6 Å². The molecular formula is C14H21FN2O2. The third-order valence-corrected chi connectivity index (χ3v) is 2.72. The maximum atomic E-state index is 13.8. The lowest BCUT2D eigenvalue weighted by Gasteiger charge is -2.27. The molecule has 0 aliphatic rings. The number of likely N-dealkylation sites (N-methyl/N-ethyl adjacent to an activating group) is 1. The van der Waals surface area contributed by atoms with Crippen LogP contribution in [0.1, 0.15) is 22.8 Å². The summed E-state index contributed by atoms with van der Waals surface area (Å²) in [6.45, 7) is 3.70. The summed E-state index contributed by atoms with van der Waals surface area (Å²) in [7, 11) is 3.66. The molecule has 1 atom stereocenters. The third-order valence-electron chi connectivity index (χ3n) is 2.72. The molecule has 0 aromatic heterocycles. The zero-order chi connectivity index (χ0) is 14.6. The molecule has 0 bridgehead atoms. The second-order valence-electron chi connectivity index (χ2n) is 5.35. The van der Waals surface area contributed by atoms with Gasteiger partial charge in [-0.3, -0.25) is 4.79 Å². The van der Waals surface area contributed by atoms with E-state index in [4.69, 9.17) is 0 Å². The molecule has 0 aliphatic carbocycles. The quantitative estimate of drug-likeness (QED) is 0.843. The third kappa shape index (κ3) is 4.61. The second-order valence-corrected chi connectivity index (χ2v) is 5.35. The average Bonchev–Trinajstić information content (AvgIpc) is 2.28. The fourth-order valence-corrected chi connectivity index (χ4v) is 1.93. The first-order chi connectivity index (χ1) is 8.73. The molecule has 19 heavy (non-hydrogen) atoms. The van der Waals surface area contributed by atoms with Gasteiger partial charge >= 0.3 is 0 Å². The van der Waals surface area contributed by atoms with Crippen molar-refractivity contribution in [1.29, 1.82) is 0 Å². The van der Waals surface area contributed by atoms with Crippen molar-refractivity contribution in [3.8, 4) is 0 Å². The zero-order valence-electron chi connectivity index (χ0n) is 11.8. The van der Waals surface area contributed by atoms with Crippen LogP contribution in [0.15, 0.2) is 18.2 Å². The Morgan fingerprint density at radius 1 is 1.47 bits per heavy atom. The van der Waals surface area contributed by atoms with Crippen LogP contribution >= 0.6 is 0 Å². The van der Waals surface area contributed by atoms with E-state index in [0.29, 0.717) is 12.1 Å². The van der Waals surface area contributed by atoms with Crippen molar-refractivity contribution in [1.82, 2.24) is 10.2 Å². The number of carbonyl (C=O) groups excluding carboxylic acids is 1. The Bertz CT molecular complexity index is 459. The monoisotopic (exact) mass is 268 g/mol. The summed E-state index contributed by atoms with van der Waals surface area (Å²) in [5, 5.41) is 12.6. The Morgan fingerprint density at radius 2 is 2.11 bits per heavy atom. The van der Waals surface area contributed by atoms with Crippen LogP contribution < -0.4 is 5.32 Å². The van der Waals surface area contributed by atoms with Crippen LogP contribution in [0.5, 0.6) is 0 Å². The normalized spacial score (nSPS) is 14.3. The van der Waals surface area contributed by atoms with Crippen LogP contribution in [-0.2, 0) is 0 Å². The van der Waals surface area contributed by atoms with Crippen LogP contribution in [0.2, 0.25) is 0 Å². The number of carbonyl (C=O) groups is 1. The molecule has 0 aliphatic heterocycles. The van der Waals surface area contributed by atoms with Crippen molar-refractivity contribution in [2.75, 3.05) is 27.2 Å². The minimum atomic E-state index is -1.06. The molecule has 0 saturated carbocycles. The van der Waals surface area contributed by atoms with Crippen LogP contribution in [0.3, 0.4) is 0 Å². The lowest BCUT2D eigenvalue weighted by atomic mass is 10.1. The van der Waals surface area contributed by atoms with E-state index in [9.17, 15) is 14.3 Å². The van der Waals surface area contributed by atoms with Gasteiger partial charge in [0.2, 0.25) is 0 Å². The Hall–Kier alpha value is -1.46. The van der Waals surface area contributed by atoms with Crippen LogP contribution in [0.25, 0.3) is 0 Å². The molecule has 1 aromatic carbocycles. The SMILES string of the molecule is Cc1cccc(C(=O)NCC(C)(O)CN(C)C)c1F. The van der Waals surface area contributed by atoms with E-state index >= 15 is 0 Å². The van der Waals surface area contributed by atoms with E-state index < -0.39 is 17.3 Å². The largest absolute Gasteiger partial charge is 0.387 e. The standard InChI is InChI=1S/C14H21FN2O2/c1-10-6-5-7-11(12(10)15)13(18)16-8-14(2,19)9-17(3)4/h5-7,19H,8-9H2,1-4H3,(H,16,18). The summed E-state index contributed by atoms with van der Waals surface area (Å²) < 4.78 is 13.8. The number of nitrogens with zero attached hydrogens (tertiary/aromatic N) is 1. The molecule has 1 aromatic rings. The molecule has 0 heterocycles. The van der Waals surface area contributed by atoms with Gasteiger partial charge in [0.15, 0.2) is 0 Å². The minimum Gasteiger partial charge on any atom is -0.387 e. The fourth-order valence-electron chi connectivity index (χ4n) is 1.93. The number of hydrogen-bond acceptors (Lipinski definition) is 3.